The average molecular weight is 457 g/mol. The van der Waals surface area contributed by atoms with E-state index in [4.69, 9.17) is 11.0 Å². The molecule has 1 atom stereocenters. The molecule has 2 fully saturated rings. The molecular weight excluding hydrogens is 435 g/mol. The van der Waals surface area contributed by atoms with Gasteiger partial charge in [0.1, 0.15) is 6.04 Å². The highest BCUT2D eigenvalue weighted by Gasteiger charge is 2.49. The van der Waals surface area contributed by atoms with Crippen molar-refractivity contribution in [3.05, 3.63) is 59.4 Å². The van der Waals surface area contributed by atoms with Gasteiger partial charge in [0, 0.05) is 43.3 Å². The average Bonchev–Trinajstić information content (AvgIpc) is 3.18. The summed E-state index contributed by atoms with van der Waals surface area (Å²) in [6, 6.07) is 7.74. The van der Waals surface area contributed by atoms with Crippen molar-refractivity contribution in [2.24, 2.45) is 11.1 Å². The Labute approximate surface area is 188 Å². The fourth-order valence-corrected chi connectivity index (χ4v) is 4.85. The lowest BCUT2D eigenvalue weighted by Crippen LogP contribution is -2.44. The van der Waals surface area contributed by atoms with Crippen molar-refractivity contribution >= 4 is 17.5 Å². The summed E-state index contributed by atoms with van der Waals surface area (Å²) in [5.41, 5.74) is 4.72. The monoisotopic (exact) mass is 457 g/mol. The van der Waals surface area contributed by atoms with Gasteiger partial charge in [0.05, 0.1) is 17.2 Å². The Morgan fingerprint density at radius 3 is 2.39 bits per heavy atom. The molecule has 1 aromatic carbocycles. The molecule has 172 valence electrons. The molecule has 4 rings (SSSR count). The smallest absolute Gasteiger partial charge is 0.371 e. The van der Waals surface area contributed by atoms with Crippen LogP contribution in [0.5, 0.6) is 0 Å². The predicted octanol–water partition coefficient (Wildman–Crippen LogP) is 2.96. The van der Waals surface area contributed by atoms with Gasteiger partial charge in [-0.15, -0.1) is 0 Å². The number of nitrogens with zero attached hydrogens (tertiary/aromatic N) is 4. The molecule has 7 nitrogen and oxygen atoms in total. The van der Waals surface area contributed by atoms with Crippen molar-refractivity contribution in [2.75, 3.05) is 24.5 Å². The van der Waals surface area contributed by atoms with Gasteiger partial charge < -0.3 is 15.5 Å². The van der Waals surface area contributed by atoms with E-state index in [0.29, 0.717) is 50.1 Å². The fraction of sp³-hybridized carbons (Fsp3) is 0.391. The minimum atomic E-state index is -4.62. The number of aromatic nitrogens is 1. The van der Waals surface area contributed by atoms with Crippen LogP contribution >= 0.6 is 0 Å². The van der Waals surface area contributed by atoms with Crippen molar-refractivity contribution < 1.29 is 22.8 Å². The first-order valence-electron chi connectivity index (χ1n) is 10.5. The summed E-state index contributed by atoms with van der Waals surface area (Å²) in [4.78, 5) is 32.4. The van der Waals surface area contributed by atoms with Crippen LogP contribution in [0.15, 0.2) is 42.7 Å². The minimum Gasteiger partial charge on any atom is -0.371 e. The first kappa shape index (κ1) is 22.6. The van der Waals surface area contributed by atoms with Gasteiger partial charge in [-0.3, -0.25) is 14.6 Å². The predicted molar refractivity (Wildman–Crippen MR) is 113 cm³/mol. The Kier molecular flexibility index (Phi) is 5.74. The molecule has 33 heavy (non-hydrogen) atoms. The summed E-state index contributed by atoms with van der Waals surface area (Å²) >= 11 is 0. The first-order chi connectivity index (χ1) is 15.6. The third-order valence-corrected chi connectivity index (χ3v) is 6.64. The summed E-state index contributed by atoms with van der Waals surface area (Å²) in [5.74, 6) is -0.860. The maximum atomic E-state index is 13.3. The number of likely N-dealkylation sites (tertiary alicyclic amines) is 1. The van der Waals surface area contributed by atoms with E-state index in [1.807, 2.05) is 4.90 Å². The first-order valence-corrected chi connectivity index (χ1v) is 10.5. The maximum absolute atomic E-state index is 13.3. The topological polar surface area (TPSA) is 103 Å². The number of rotatable bonds is 3. The van der Waals surface area contributed by atoms with Crippen LogP contribution in [0.3, 0.4) is 0 Å². The Balaban J connectivity index is 1.52. The number of benzene rings is 1. The summed E-state index contributed by atoms with van der Waals surface area (Å²) in [6.07, 6.45) is 0.00396. The standard InChI is InChI=1S/C23H22F3N5O2/c24-23(25,26)18-11-17(2-1-16(18)13-27)30-9-5-22(6-10-30)12-19(20(28)32)31(14-22)21(33)15-3-7-29-8-4-15/h1-4,7-8,11,19H,5-6,9-10,12,14H2,(H2,28,32). The second-order valence-electron chi connectivity index (χ2n) is 8.62. The molecule has 0 aliphatic carbocycles. The van der Waals surface area contributed by atoms with Crippen molar-refractivity contribution in [1.29, 1.82) is 5.26 Å². The van der Waals surface area contributed by atoms with Crippen LogP contribution in [0.4, 0.5) is 18.9 Å². The highest BCUT2D eigenvalue weighted by atomic mass is 19.4. The Hall–Kier alpha value is -3.61. The van der Waals surface area contributed by atoms with E-state index in [1.165, 1.54) is 29.4 Å². The van der Waals surface area contributed by atoms with Gasteiger partial charge in [-0.25, -0.2) is 0 Å². The zero-order valence-electron chi connectivity index (χ0n) is 17.7. The zero-order valence-corrected chi connectivity index (χ0v) is 17.7. The molecule has 2 aliphatic rings. The van der Waals surface area contributed by atoms with Gasteiger partial charge in [-0.1, -0.05) is 0 Å². The van der Waals surface area contributed by atoms with E-state index < -0.39 is 29.3 Å². The summed E-state index contributed by atoms with van der Waals surface area (Å²) < 4.78 is 40.0. The number of carbonyl (C=O) groups excluding carboxylic acids is 2. The van der Waals surface area contributed by atoms with Crippen LogP contribution < -0.4 is 10.6 Å². The van der Waals surface area contributed by atoms with E-state index in [1.54, 1.807) is 18.2 Å². The molecule has 2 saturated heterocycles. The molecule has 0 radical (unpaired) electrons. The second-order valence-corrected chi connectivity index (χ2v) is 8.62. The normalized spacial score (nSPS) is 20.0. The lowest BCUT2D eigenvalue weighted by Gasteiger charge is -2.40. The Bertz CT molecular complexity index is 1110. The number of hydrogen-bond donors (Lipinski definition) is 1. The number of nitrogens with two attached hydrogens (primary N) is 1. The zero-order chi connectivity index (χ0) is 23.8. The van der Waals surface area contributed by atoms with Gasteiger partial charge in [0.25, 0.3) is 5.91 Å². The number of amides is 2. The van der Waals surface area contributed by atoms with E-state index in [0.717, 1.165) is 6.07 Å². The number of pyridine rings is 1. The van der Waals surface area contributed by atoms with Crippen LogP contribution in [0.1, 0.15) is 40.7 Å². The van der Waals surface area contributed by atoms with Gasteiger partial charge >= 0.3 is 6.18 Å². The molecule has 0 bridgehead atoms. The number of anilines is 1. The van der Waals surface area contributed by atoms with Crippen LogP contribution in [0.2, 0.25) is 0 Å². The number of hydrogen-bond acceptors (Lipinski definition) is 5. The van der Waals surface area contributed by atoms with E-state index >= 15 is 0 Å². The van der Waals surface area contributed by atoms with E-state index in [2.05, 4.69) is 4.98 Å². The molecule has 0 saturated carbocycles. The Morgan fingerprint density at radius 1 is 1.15 bits per heavy atom. The third-order valence-electron chi connectivity index (χ3n) is 6.64. The van der Waals surface area contributed by atoms with Crippen molar-refractivity contribution in [1.82, 2.24) is 9.88 Å². The van der Waals surface area contributed by atoms with E-state index in [9.17, 15) is 22.8 Å². The van der Waals surface area contributed by atoms with E-state index in [-0.39, 0.29) is 11.3 Å². The van der Waals surface area contributed by atoms with Gasteiger partial charge in [0.2, 0.25) is 5.91 Å². The summed E-state index contributed by atoms with van der Waals surface area (Å²) in [7, 11) is 0. The molecule has 1 spiro atoms. The molecule has 2 aliphatic heterocycles. The molecule has 2 N–H and O–H groups in total. The molecule has 10 heteroatoms. The van der Waals surface area contributed by atoms with Crippen LogP contribution in [0, 0.1) is 16.7 Å². The van der Waals surface area contributed by atoms with Crippen LogP contribution in [-0.2, 0) is 11.0 Å². The molecule has 2 aromatic rings. The molecule has 1 aromatic heterocycles. The minimum absolute atomic E-state index is 0.289. The number of primary amides is 1. The van der Waals surface area contributed by atoms with Gasteiger partial charge in [0.15, 0.2) is 0 Å². The highest BCUT2D eigenvalue weighted by Crippen LogP contribution is 2.45. The maximum Gasteiger partial charge on any atom is 0.417 e. The third kappa shape index (κ3) is 4.35. The lowest BCUT2D eigenvalue weighted by atomic mass is 9.76. The number of piperidine rings is 1. The number of halogens is 3. The van der Waals surface area contributed by atoms with Crippen molar-refractivity contribution in [2.45, 2.75) is 31.5 Å². The van der Waals surface area contributed by atoms with Gasteiger partial charge in [-0.05, 0) is 55.0 Å². The molecule has 3 heterocycles. The van der Waals surface area contributed by atoms with Crippen molar-refractivity contribution in [3.63, 3.8) is 0 Å². The number of carbonyl (C=O) groups is 2. The molecular formula is C23H22F3N5O2. The fourth-order valence-electron chi connectivity index (χ4n) is 4.85. The van der Waals surface area contributed by atoms with Gasteiger partial charge in [-0.2, -0.15) is 18.4 Å². The Morgan fingerprint density at radius 2 is 1.82 bits per heavy atom. The number of alkyl halides is 3. The molecule has 1 unspecified atom stereocenters. The second kappa shape index (κ2) is 8.39. The SMILES string of the molecule is N#Cc1ccc(N2CCC3(CC2)CC(C(N)=O)N(C(=O)c2ccncc2)C3)cc1C(F)(F)F. The largest absolute Gasteiger partial charge is 0.417 e. The summed E-state index contributed by atoms with van der Waals surface area (Å²) in [5, 5.41) is 9.01. The quantitative estimate of drug-likeness (QED) is 0.763. The summed E-state index contributed by atoms with van der Waals surface area (Å²) in [6.45, 7) is 1.29. The van der Waals surface area contributed by atoms with Crippen molar-refractivity contribution in [3.8, 4) is 6.07 Å². The lowest BCUT2D eigenvalue weighted by molar-refractivity contribution is -0.137. The van der Waals surface area contributed by atoms with Crippen LogP contribution in [0.25, 0.3) is 0 Å². The van der Waals surface area contributed by atoms with Crippen LogP contribution in [-0.4, -0.2) is 47.4 Å². The number of nitriles is 1. The molecule has 2 amide bonds. The highest BCUT2D eigenvalue weighted by molar-refractivity contribution is 5.97.